The van der Waals surface area contributed by atoms with Crippen LogP contribution in [0.25, 0.3) is 11.5 Å². The minimum absolute atomic E-state index is 0.141. The summed E-state index contributed by atoms with van der Waals surface area (Å²) in [4.78, 5) is 24.2. The van der Waals surface area contributed by atoms with Crippen molar-refractivity contribution >= 4 is 23.4 Å². The molecule has 0 unspecified atom stereocenters. The SMILES string of the molecule is O=C1CCC(=O)N1CCc1nnc(-c2ccc(Cl)cc2)o1. The molecule has 0 bridgehead atoms. The molecule has 2 heterocycles. The third-order valence-electron chi connectivity index (χ3n) is 3.26. The summed E-state index contributed by atoms with van der Waals surface area (Å²) in [5.41, 5.74) is 0.770. The quantitative estimate of drug-likeness (QED) is 0.808. The van der Waals surface area contributed by atoms with Crippen molar-refractivity contribution < 1.29 is 14.0 Å². The van der Waals surface area contributed by atoms with Crippen LogP contribution in [0.3, 0.4) is 0 Å². The average molecular weight is 306 g/mol. The maximum Gasteiger partial charge on any atom is 0.247 e. The van der Waals surface area contributed by atoms with Gasteiger partial charge in [0.05, 0.1) is 0 Å². The number of benzene rings is 1. The van der Waals surface area contributed by atoms with E-state index in [0.717, 1.165) is 5.56 Å². The zero-order chi connectivity index (χ0) is 14.8. The summed E-state index contributed by atoms with van der Waals surface area (Å²) in [6, 6.07) is 7.05. The first-order chi connectivity index (χ1) is 10.1. The van der Waals surface area contributed by atoms with Crippen LogP contribution in [0.5, 0.6) is 0 Å². The van der Waals surface area contributed by atoms with Gasteiger partial charge in [0.1, 0.15) is 0 Å². The molecule has 7 heteroatoms. The number of rotatable bonds is 4. The fourth-order valence-electron chi connectivity index (χ4n) is 2.14. The van der Waals surface area contributed by atoms with Gasteiger partial charge in [-0.1, -0.05) is 11.6 Å². The number of hydrogen-bond acceptors (Lipinski definition) is 5. The van der Waals surface area contributed by atoms with Gasteiger partial charge in [0.15, 0.2) is 0 Å². The van der Waals surface area contributed by atoms with Crippen molar-refractivity contribution in [3.63, 3.8) is 0 Å². The molecule has 1 fully saturated rings. The third kappa shape index (κ3) is 2.95. The highest BCUT2D eigenvalue weighted by molar-refractivity contribution is 6.30. The summed E-state index contributed by atoms with van der Waals surface area (Å²) in [7, 11) is 0. The third-order valence-corrected chi connectivity index (χ3v) is 3.51. The van der Waals surface area contributed by atoms with E-state index in [9.17, 15) is 9.59 Å². The van der Waals surface area contributed by atoms with Crippen molar-refractivity contribution in [2.75, 3.05) is 6.54 Å². The summed E-state index contributed by atoms with van der Waals surface area (Å²) in [6.07, 6.45) is 0.940. The minimum Gasteiger partial charge on any atom is -0.421 e. The summed E-state index contributed by atoms with van der Waals surface area (Å²) in [6.45, 7) is 0.278. The molecule has 0 N–H and O–H groups in total. The Morgan fingerprint density at radius 3 is 2.43 bits per heavy atom. The molecule has 0 aliphatic carbocycles. The lowest BCUT2D eigenvalue weighted by Crippen LogP contribution is -2.31. The van der Waals surface area contributed by atoms with Crippen LogP contribution >= 0.6 is 11.6 Å². The fourth-order valence-corrected chi connectivity index (χ4v) is 2.27. The first-order valence-electron chi connectivity index (χ1n) is 6.55. The molecule has 108 valence electrons. The standard InChI is InChI=1S/C14H12ClN3O3/c15-10-3-1-9(2-4-10)14-17-16-11(21-14)7-8-18-12(19)5-6-13(18)20/h1-4H,5-8H2. The van der Waals surface area contributed by atoms with Crippen molar-refractivity contribution in [3.8, 4) is 11.5 Å². The Bertz CT molecular complexity index is 665. The van der Waals surface area contributed by atoms with Gasteiger partial charge in [-0.15, -0.1) is 10.2 Å². The second kappa shape index (κ2) is 5.65. The minimum atomic E-state index is -0.141. The van der Waals surface area contributed by atoms with Crippen molar-refractivity contribution in [2.24, 2.45) is 0 Å². The van der Waals surface area contributed by atoms with Crippen LogP contribution in [0.1, 0.15) is 18.7 Å². The first-order valence-corrected chi connectivity index (χ1v) is 6.93. The van der Waals surface area contributed by atoms with Crippen molar-refractivity contribution in [2.45, 2.75) is 19.3 Å². The lowest BCUT2D eigenvalue weighted by molar-refractivity contribution is -0.138. The maximum absolute atomic E-state index is 11.5. The number of amides is 2. The molecule has 0 atom stereocenters. The predicted molar refractivity (Wildman–Crippen MR) is 74.4 cm³/mol. The Kier molecular flexibility index (Phi) is 3.70. The molecule has 21 heavy (non-hydrogen) atoms. The lowest BCUT2D eigenvalue weighted by Gasteiger charge is -2.11. The van der Waals surface area contributed by atoms with Crippen LogP contribution in [0, 0.1) is 0 Å². The Hall–Kier alpha value is -2.21. The molecule has 1 aromatic heterocycles. The lowest BCUT2D eigenvalue weighted by atomic mass is 10.2. The molecule has 1 aliphatic heterocycles. The second-order valence-electron chi connectivity index (χ2n) is 4.70. The van der Waals surface area contributed by atoms with E-state index in [1.165, 1.54) is 4.90 Å². The van der Waals surface area contributed by atoms with Crippen LogP contribution in [0.2, 0.25) is 5.02 Å². The van der Waals surface area contributed by atoms with Crippen LogP contribution in [0.15, 0.2) is 28.7 Å². The van der Waals surface area contributed by atoms with Crippen LogP contribution in [-0.4, -0.2) is 33.5 Å². The summed E-state index contributed by atoms with van der Waals surface area (Å²) < 4.78 is 5.53. The molecule has 2 amide bonds. The number of likely N-dealkylation sites (tertiary alicyclic amines) is 1. The highest BCUT2D eigenvalue weighted by Crippen LogP contribution is 2.20. The van der Waals surface area contributed by atoms with E-state index in [0.29, 0.717) is 36.1 Å². The fraction of sp³-hybridized carbons (Fsp3) is 0.286. The van der Waals surface area contributed by atoms with Gasteiger partial charge < -0.3 is 4.42 Å². The summed E-state index contributed by atoms with van der Waals surface area (Å²) in [5.74, 6) is 0.503. The van der Waals surface area contributed by atoms with E-state index in [1.807, 2.05) is 0 Å². The van der Waals surface area contributed by atoms with Gasteiger partial charge in [-0.25, -0.2) is 0 Å². The Labute approximate surface area is 125 Å². The van der Waals surface area contributed by atoms with Crippen molar-refractivity contribution in [1.29, 1.82) is 0 Å². The molecule has 0 spiro atoms. The molecule has 1 saturated heterocycles. The number of carbonyl (C=O) groups is 2. The van der Waals surface area contributed by atoms with E-state index in [-0.39, 0.29) is 18.4 Å². The predicted octanol–water partition coefficient (Wildman–Crippen LogP) is 2.08. The van der Waals surface area contributed by atoms with E-state index >= 15 is 0 Å². The molecule has 1 aliphatic rings. The monoisotopic (exact) mass is 305 g/mol. The highest BCUT2D eigenvalue weighted by Gasteiger charge is 2.28. The number of halogens is 1. The zero-order valence-corrected chi connectivity index (χ0v) is 11.8. The number of hydrogen-bond donors (Lipinski definition) is 0. The largest absolute Gasteiger partial charge is 0.421 e. The van der Waals surface area contributed by atoms with E-state index in [1.54, 1.807) is 24.3 Å². The summed E-state index contributed by atoms with van der Waals surface area (Å²) >= 11 is 5.82. The van der Waals surface area contributed by atoms with Crippen LogP contribution in [0.4, 0.5) is 0 Å². The van der Waals surface area contributed by atoms with Gasteiger partial charge in [-0.2, -0.15) is 0 Å². The van der Waals surface area contributed by atoms with Crippen LogP contribution in [-0.2, 0) is 16.0 Å². The highest BCUT2D eigenvalue weighted by atomic mass is 35.5. The molecular formula is C14H12ClN3O3. The molecule has 2 aromatic rings. The van der Waals surface area contributed by atoms with E-state index < -0.39 is 0 Å². The molecule has 6 nitrogen and oxygen atoms in total. The van der Waals surface area contributed by atoms with Gasteiger partial charge in [-0.3, -0.25) is 14.5 Å². The molecule has 3 rings (SSSR count). The summed E-state index contributed by atoms with van der Waals surface area (Å²) in [5, 5.41) is 8.51. The number of carbonyl (C=O) groups excluding carboxylic acids is 2. The van der Waals surface area contributed by atoms with Crippen molar-refractivity contribution in [1.82, 2.24) is 15.1 Å². The number of aromatic nitrogens is 2. The maximum atomic E-state index is 11.5. The van der Waals surface area contributed by atoms with E-state index in [2.05, 4.69) is 10.2 Å². The molecular weight excluding hydrogens is 294 g/mol. The topological polar surface area (TPSA) is 76.3 Å². The second-order valence-corrected chi connectivity index (χ2v) is 5.13. The first kappa shape index (κ1) is 13.8. The normalized spacial score (nSPS) is 15.0. The zero-order valence-electron chi connectivity index (χ0n) is 11.1. The van der Waals surface area contributed by atoms with Gasteiger partial charge in [0.2, 0.25) is 23.6 Å². The van der Waals surface area contributed by atoms with Crippen LogP contribution < -0.4 is 0 Å². The van der Waals surface area contributed by atoms with Gasteiger partial charge >= 0.3 is 0 Å². The Morgan fingerprint density at radius 2 is 1.76 bits per heavy atom. The average Bonchev–Trinajstić information content (AvgIpc) is 3.06. The number of imide groups is 1. The van der Waals surface area contributed by atoms with Gasteiger partial charge in [0.25, 0.3) is 0 Å². The molecule has 0 saturated carbocycles. The van der Waals surface area contributed by atoms with Crippen molar-refractivity contribution in [3.05, 3.63) is 35.2 Å². The van der Waals surface area contributed by atoms with Gasteiger partial charge in [0, 0.05) is 36.4 Å². The smallest absolute Gasteiger partial charge is 0.247 e. The Balaban J connectivity index is 1.66. The number of nitrogens with zero attached hydrogens (tertiary/aromatic N) is 3. The Morgan fingerprint density at radius 1 is 1.10 bits per heavy atom. The molecule has 1 aromatic carbocycles. The molecule has 0 radical (unpaired) electrons. The van der Waals surface area contributed by atoms with Gasteiger partial charge in [-0.05, 0) is 24.3 Å². The van der Waals surface area contributed by atoms with E-state index in [4.69, 9.17) is 16.0 Å².